The van der Waals surface area contributed by atoms with Gasteiger partial charge >= 0.3 is 0 Å². The SMILES string of the molecule is Cn1ccnc1CN1C[C@@H](COc2cccc(F)c2)C[C@@H](C(=O)NC2CCCCC2)C1. The lowest BCUT2D eigenvalue weighted by molar-refractivity contribution is -0.128. The van der Waals surface area contributed by atoms with Crippen molar-refractivity contribution in [3.8, 4) is 5.75 Å². The number of ether oxygens (including phenoxy) is 1. The molecule has 1 aromatic carbocycles. The minimum atomic E-state index is -0.303. The fraction of sp³-hybridized carbons (Fsp3) is 0.583. The van der Waals surface area contributed by atoms with Crippen LogP contribution in [0.2, 0.25) is 0 Å². The second-order valence-electron chi connectivity index (χ2n) is 9.06. The summed E-state index contributed by atoms with van der Waals surface area (Å²) in [6.45, 7) is 2.72. The zero-order valence-electron chi connectivity index (χ0n) is 18.3. The molecule has 1 aliphatic carbocycles. The predicted molar refractivity (Wildman–Crippen MR) is 117 cm³/mol. The van der Waals surface area contributed by atoms with Crippen LogP contribution >= 0.6 is 0 Å². The molecule has 1 saturated carbocycles. The normalized spacial score (nSPS) is 22.9. The van der Waals surface area contributed by atoms with E-state index in [4.69, 9.17) is 4.74 Å². The van der Waals surface area contributed by atoms with E-state index in [-0.39, 0.29) is 23.6 Å². The maximum atomic E-state index is 13.5. The van der Waals surface area contributed by atoms with Crippen molar-refractivity contribution >= 4 is 5.91 Å². The summed E-state index contributed by atoms with van der Waals surface area (Å²) in [6.07, 6.45) is 10.4. The summed E-state index contributed by atoms with van der Waals surface area (Å²) >= 11 is 0. The van der Waals surface area contributed by atoms with Crippen LogP contribution in [0.25, 0.3) is 0 Å². The van der Waals surface area contributed by atoms with Crippen LogP contribution in [0.1, 0.15) is 44.3 Å². The van der Waals surface area contributed by atoms with Gasteiger partial charge in [-0.05, 0) is 31.4 Å². The third-order valence-corrected chi connectivity index (χ3v) is 6.50. The zero-order valence-corrected chi connectivity index (χ0v) is 18.3. The second-order valence-corrected chi connectivity index (χ2v) is 9.06. The molecule has 168 valence electrons. The first-order valence-corrected chi connectivity index (χ1v) is 11.4. The van der Waals surface area contributed by atoms with E-state index in [1.54, 1.807) is 18.3 Å². The molecule has 4 rings (SSSR count). The minimum absolute atomic E-state index is 0.0722. The van der Waals surface area contributed by atoms with E-state index in [1.165, 1.54) is 31.4 Å². The molecule has 6 nitrogen and oxygen atoms in total. The van der Waals surface area contributed by atoms with E-state index < -0.39 is 0 Å². The third-order valence-electron chi connectivity index (χ3n) is 6.50. The number of hydrogen-bond acceptors (Lipinski definition) is 4. The van der Waals surface area contributed by atoms with Crippen molar-refractivity contribution in [2.45, 2.75) is 51.1 Å². The average Bonchev–Trinajstić information content (AvgIpc) is 3.17. The van der Waals surface area contributed by atoms with Crippen molar-refractivity contribution < 1.29 is 13.9 Å². The van der Waals surface area contributed by atoms with Crippen LogP contribution in [0.3, 0.4) is 0 Å². The number of hydrogen-bond donors (Lipinski definition) is 1. The van der Waals surface area contributed by atoms with Crippen LogP contribution in [-0.4, -0.2) is 46.1 Å². The largest absolute Gasteiger partial charge is 0.493 e. The number of carbonyl (C=O) groups is 1. The lowest BCUT2D eigenvalue weighted by Gasteiger charge is -2.37. The fourth-order valence-corrected chi connectivity index (χ4v) is 4.83. The zero-order chi connectivity index (χ0) is 21.6. The van der Waals surface area contributed by atoms with Crippen LogP contribution < -0.4 is 10.1 Å². The van der Waals surface area contributed by atoms with Gasteiger partial charge in [-0.3, -0.25) is 9.69 Å². The summed E-state index contributed by atoms with van der Waals surface area (Å²) in [6, 6.07) is 6.55. The molecule has 2 aromatic rings. The number of nitrogens with zero attached hydrogens (tertiary/aromatic N) is 3. The first-order valence-electron chi connectivity index (χ1n) is 11.4. The maximum absolute atomic E-state index is 13.5. The van der Waals surface area contributed by atoms with Crippen molar-refractivity contribution in [3.63, 3.8) is 0 Å². The lowest BCUT2D eigenvalue weighted by atomic mass is 9.88. The topological polar surface area (TPSA) is 59.4 Å². The van der Waals surface area contributed by atoms with Gasteiger partial charge < -0.3 is 14.6 Å². The van der Waals surface area contributed by atoms with Crippen LogP contribution in [0.4, 0.5) is 4.39 Å². The molecule has 0 bridgehead atoms. The molecule has 1 saturated heterocycles. The number of aromatic nitrogens is 2. The molecular weight excluding hydrogens is 395 g/mol. The number of nitrogens with one attached hydrogen (secondary N) is 1. The Kier molecular flexibility index (Phi) is 7.22. The summed E-state index contributed by atoms with van der Waals surface area (Å²) in [5.74, 6) is 1.49. The molecule has 0 radical (unpaired) electrons. The second kappa shape index (κ2) is 10.3. The van der Waals surface area contributed by atoms with Crippen molar-refractivity contribution in [1.82, 2.24) is 19.8 Å². The molecule has 2 fully saturated rings. The van der Waals surface area contributed by atoms with Gasteiger partial charge in [-0.2, -0.15) is 0 Å². The number of carbonyl (C=O) groups excluding carboxylic acids is 1. The Morgan fingerprint density at radius 1 is 1.26 bits per heavy atom. The van der Waals surface area contributed by atoms with E-state index in [2.05, 4.69) is 15.2 Å². The van der Waals surface area contributed by atoms with Gasteiger partial charge in [0.1, 0.15) is 17.4 Å². The molecule has 0 unspecified atom stereocenters. The molecule has 1 aliphatic heterocycles. The Morgan fingerprint density at radius 3 is 2.84 bits per heavy atom. The number of likely N-dealkylation sites (tertiary alicyclic amines) is 1. The molecule has 7 heteroatoms. The first-order chi connectivity index (χ1) is 15.1. The Labute approximate surface area is 183 Å². The fourth-order valence-electron chi connectivity index (χ4n) is 4.83. The molecular formula is C24H33FN4O2. The number of halogens is 1. The van der Waals surface area contributed by atoms with E-state index in [1.807, 2.05) is 17.8 Å². The van der Waals surface area contributed by atoms with Crippen LogP contribution in [-0.2, 0) is 18.4 Å². The summed E-state index contributed by atoms with van der Waals surface area (Å²) < 4.78 is 21.4. The lowest BCUT2D eigenvalue weighted by Crippen LogP contribution is -2.49. The van der Waals surface area contributed by atoms with Crippen LogP contribution in [0, 0.1) is 17.7 Å². The third kappa shape index (κ3) is 6.06. The molecule has 1 amide bonds. The maximum Gasteiger partial charge on any atom is 0.224 e. The van der Waals surface area contributed by atoms with Crippen molar-refractivity contribution in [3.05, 3.63) is 48.3 Å². The van der Waals surface area contributed by atoms with Gasteiger partial charge in [0.2, 0.25) is 5.91 Å². The minimum Gasteiger partial charge on any atom is -0.493 e. The molecule has 1 aromatic heterocycles. The predicted octanol–water partition coefficient (Wildman–Crippen LogP) is 3.53. The van der Waals surface area contributed by atoms with E-state index >= 15 is 0 Å². The van der Waals surface area contributed by atoms with Crippen molar-refractivity contribution in [1.29, 1.82) is 0 Å². The Balaban J connectivity index is 1.40. The Hall–Kier alpha value is -2.41. The van der Waals surface area contributed by atoms with Gasteiger partial charge in [-0.1, -0.05) is 25.3 Å². The number of rotatable bonds is 7. The quantitative estimate of drug-likeness (QED) is 0.733. The van der Waals surface area contributed by atoms with Gasteiger partial charge in [-0.15, -0.1) is 0 Å². The standard InChI is InChI=1S/C24H33FN4O2/c1-28-11-10-26-23(28)16-29-14-18(17-31-22-9-5-6-20(25)13-22)12-19(15-29)24(30)27-21-7-3-2-4-8-21/h5-6,9-11,13,18-19,21H,2-4,7-8,12,14-17H2,1H3,(H,27,30)/t18-,19+/m0/s1. The molecule has 2 heterocycles. The van der Waals surface area contributed by atoms with Crippen molar-refractivity contribution in [2.75, 3.05) is 19.7 Å². The summed E-state index contributed by atoms with van der Waals surface area (Å²) in [5.41, 5.74) is 0. The van der Waals surface area contributed by atoms with Crippen LogP contribution in [0.5, 0.6) is 5.75 Å². The summed E-state index contributed by atoms with van der Waals surface area (Å²) in [7, 11) is 1.99. The van der Waals surface area contributed by atoms with E-state index in [0.29, 0.717) is 24.9 Å². The van der Waals surface area contributed by atoms with Gasteiger partial charge in [0.25, 0.3) is 0 Å². The van der Waals surface area contributed by atoms with E-state index in [9.17, 15) is 9.18 Å². The highest BCUT2D eigenvalue weighted by atomic mass is 19.1. The summed E-state index contributed by atoms with van der Waals surface area (Å²) in [5, 5.41) is 3.30. The first kappa shape index (κ1) is 21.8. The average molecular weight is 429 g/mol. The number of amides is 1. The molecule has 2 atom stereocenters. The Morgan fingerprint density at radius 2 is 2.10 bits per heavy atom. The van der Waals surface area contributed by atoms with E-state index in [0.717, 1.165) is 38.2 Å². The number of imidazole rings is 1. The number of aryl methyl sites for hydroxylation is 1. The number of piperidine rings is 1. The van der Waals surface area contributed by atoms with Gasteiger partial charge in [0.15, 0.2) is 0 Å². The summed E-state index contributed by atoms with van der Waals surface area (Å²) in [4.78, 5) is 19.8. The molecule has 0 spiro atoms. The van der Waals surface area contributed by atoms with Gasteiger partial charge in [0, 0.05) is 50.6 Å². The van der Waals surface area contributed by atoms with Gasteiger partial charge in [0.05, 0.1) is 19.1 Å². The number of benzene rings is 1. The van der Waals surface area contributed by atoms with Crippen LogP contribution in [0.15, 0.2) is 36.7 Å². The highest BCUT2D eigenvalue weighted by Crippen LogP contribution is 2.26. The Bertz CT molecular complexity index is 865. The highest BCUT2D eigenvalue weighted by molar-refractivity contribution is 5.79. The highest BCUT2D eigenvalue weighted by Gasteiger charge is 2.33. The molecule has 1 N–H and O–H groups in total. The monoisotopic (exact) mass is 428 g/mol. The molecule has 2 aliphatic rings. The van der Waals surface area contributed by atoms with Crippen molar-refractivity contribution in [2.24, 2.45) is 18.9 Å². The van der Waals surface area contributed by atoms with Gasteiger partial charge in [-0.25, -0.2) is 9.37 Å². The smallest absolute Gasteiger partial charge is 0.224 e. The molecule has 31 heavy (non-hydrogen) atoms.